The summed E-state index contributed by atoms with van der Waals surface area (Å²) in [5.74, 6) is 1.17. The minimum absolute atomic E-state index is 0.133. The van der Waals surface area contributed by atoms with E-state index in [-0.39, 0.29) is 17.4 Å². The fourth-order valence-electron chi connectivity index (χ4n) is 4.39. The van der Waals surface area contributed by atoms with E-state index in [4.69, 9.17) is 4.52 Å². The lowest BCUT2D eigenvalue weighted by Gasteiger charge is -2.45. The maximum absolute atomic E-state index is 12.6. The Bertz CT molecular complexity index is 815. The van der Waals surface area contributed by atoms with E-state index in [0.717, 1.165) is 41.8 Å². The second-order valence-electron chi connectivity index (χ2n) is 7.70. The number of aryl methyl sites for hydroxylation is 2. The second kappa shape index (κ2) is 7.11. The SMILES string of the molecule is Cc1noc(C)c1CN1C(=O)CCC12CCN(C(=O)Cc1ccsc1)CC2. The molecule has 0 unspecified atom stereocenters. The highest BCUT2D eigenvalue weighted by molar-refractivity contribution is 7.08. The molecule has 0 radical (unpaired) electrons. The molecule has 4 heterocycles. The molecule has 7 heteroatoms. The number of amides is 2. The summed E-state index contributed by atoms with van der Waals surface area (Å²) < 4.78 is 5.28. The van der Waals surface area contributed by atoms with Gasteiger partial charge in [-0.2, -0.15) is 11.3 Å². The van der Waals surface area contributed by atoms with Gasteiger partial charge in [-0.3, -0.25) is 9.59 Å². The molecule has 0 saturated carbocycles. The van der Waals surface area contributed by atoms with Crippen molar-refractivity contribution in [3.63, 3.8) is 0 Å². The van der Waals surface area contributed by atoms with Gasteiger partial charge in [-0.05, 0) is 55.5 Å². The summed E-state index contributed by atoms with van der Waals surface area (Å²) in [5.41, 5.74) is 2.82. The predicted molar refractivity (Wildman–Crippen MR) is 102 cm³/mol. The van der Waals surface area contributed by atoms with E-state index in [1.807, 2.05) is 40.5 Å². The normalized spacial score (nSPS) is 19.3. The van der Waals surface area contributed by atoms with E-state index < -0.39 is 0 Å². The molecule has 2 amide bonds. The lowest BCUT2D eigenvalue weighted by molar-refractivity contribution is -0.136. The van der Waals surface area contributed by atoms with Crippen LogP contribution in [0.15, 0.2) is 21.3 Å². The van der Waals surface area contributed by atoms with E-state index in [9.17, 15) is 9.59 Å². The van der Waals surface area contributed by atoms with Crippen molar-refractivity contribution in [1.82, 2.24) is 15.0 Å². The Kier molecular flexibility index (Phi) is 4.80. The lowest BCUT2D eigenvalue weighted by atomic mass is 9.84. The molecule has 0 atom stereocenters. The molecule has 2 saturated heterocycles. The van der Waals surface area contributed by atoms with Gasteiger partial charge in [0.2, 0.25) is 11.8 Å². The minimum atomic E-state index is -0.133. The molecule has 2 aliphatic heterocycles. The van der Waals surface area contributed by atoms with Crippen molar-refractivity contribution in [2.75, 3.05) is 13.1 Å². The molecule has 0 bridgehead atoms. The number of hydrogen-bond acceptors (Lipinski definition) is 5. The average molecular weight is 388 g/mol. The first-order chi connectivity index (χ1) is 13.0. The van der Waals surface area contributed by atoms with Crippen molar-refractivity contribution in [3.8, 4) is 0 Å². The summed E-state index contributed by atoms with van der Waals surface area (Å²) in [4.78, 5) is 29.2. The average Bonchev–Trinajstić information content (AvgIpc) is 3.35. The van der Waals surface area contributed by atoms with Gasteiger partial charge < -0.3 is 14.3 Å². The fourth-order valence-corrected chi connectivity index (χ4v) is 5.06. The molecule has 2 aliphatic rings. The summed E-state index contributed by atoms with van der Waals surface area (Å²) in [6.07, 6.45) is 3.63. The van der Waals surface area contributed by atoms with Crippen LogP contribution in [0.2, 0.25) is 0 Å². The first-order valence-corrected chi connectivity index (χ1v) is 10.4. The molecular weight excluding hydrogens is 362 g/mol. The molecule has 1 spiro atoms. The monoisotopic (exact) mass is 387 g/mol. The Hall–Kier alpha value is -2.15. The van der Waals surface area contributed by atoms with Crippen molar-refractivity contribution < 1.29 is 14.1 Å². The highest BCUT2D eigenvalue weighted by Gasteiger charge is 2.47. The van der Waals surface area contributed by atoms with Gasteiger partial charge in [0.25, 0.3) is 0 Å². The number of thiophene rings is 1. The van der Waals surface area contributed by atoms with Gasteiger partial charge in [0.15, 0.2) is 0 Å². The first kappa shape index (κ1) is 18.2. The summed E-state index contributed by atoms with van der Waals surface area (Å²) in [7, 11) is 0. The molecule has 0 N–H and O–H groups in total. The van der Waals surface area contributed by atoms with E-state index in [1.54, 1.807) is 11.3 Å². The Labute approximate surface area is 163 Å². The zero-order valence-corrected chi connectivity index (χ0v) is 16.7. The summed E-state index contributed by atoms with van der Waals surface area (Å²) in [6.45, 7) is 5.81. The van der Waals surface area contributed by atoms with Crippen molar-refractivity contribution in [3.05, 3.63) is 39.4 Å². The highest BCUT2D eigenvalue weighted by atomic mass is 32.1. The zero-order chi connectivity index (χ0) is 19.0. The number of likely N-dealkylation sites (tertiary alicyclic amines) is 2. The molecule has 0 aromatic carbocycles. The number of carbonyl (C=O) groups excluding carboxylic acids is 2. The standard InChI is InChI=1S/C20H25N3O3S/c1-14-17(15(2)26-21-14)12-23-18(24)3-5-20(23)6-8-22(9-7-20)19(25)11-16-4-10-27-13-16/h4,10,13H,3,5-9,11-12H2,1-2H3. The van der Waals surface area contributed by atoms with Crippen LogP contribution in [0.25, 0.3) is 0 Å². The third-order valence-electron chi connectivity index (χ3n) is 6.16. The van der Waals surface area contributed by atoms with Crippen LogP contribution in [-0.4, -0.2) is 45.4 Å². The molecule has 144 valence electrons. The number of hydrogen-bond donors (Lipinski definition) is 0. The third kappa shape index (κ3) is 3.40. The number of piperidine rings is 1. The van der Waals surface area contributed by atoms with Gasteiger partial charge >= 0.3 is 0 Å². The number of aromatic nitrogens is 1. The largest absolute Gasteiger partial charge is 0.361 e. The van der Waals surface area contributed by atoms with E-state index >= 15 is 0 Å². The summed E-state index contributed by atoms with van der Waals surface area (Å²) in [5, 5.41) is 8.06. The van der Waals surface area contributed by atoms with Crippen LogP contribution >= 0.6 is 11.3 Å². The molecule has 27 heavy (non-hydrogen) atoms. The van der Waals surface area contributed by atoms with Gasteiger partial charge in [-0.1, -0.05) is 5.16 Å². The summed E-state index contributed by atoms with van der Waals surface area (Å²) >= 11 is 1.62. The minimum Gasteiger partial charge on any atom is -0.361 e. The van der Waals surface area contributed by atoms with E-state index in [0.29, 0.717) is 32.5 Å². The molecule has 4 rings (SSSR count). The molecule has 2 aromatic rings. The highest BCUT2D eigenvalue weighted by Crippen LogP contribution is 2.40. The molecular formula is C20H25N3O3S. The van der Waals surface area contributed by atoms with Crippen LogP contribution in [0, 0.1) is 13.8 Å². The molecule has 2 aromatic heterocycles. The van der Waals surface area contributed by atoms with Crippen LogP contribution in [-0.2, 0) is 22.6 Å². The summed E-state index contributed by atoms with van der Waals surface area (Å²) in [6, 6.07) is 2.01. The zero-order valence-electron chi connectivity index (χ0n) is 15.9. The van der Waals surface area contributed by atoms with Gasteiger partial charge in [0.05, 0.1) is 18.7 Å². The molecule has 2 fully saturated rings. The fraction of sp³-hybridized carbons (Fsp3) is 0.550. The Morgan fingerprint density at radius 2 is 2.07 bits per heavy atom. The second-order valence-corrected chi connectivity index (χ2v) is 8.48. The quantitative estimate of drug-likeness (QED) is 0.809. The van der Waals surface area contributed by atoms with Crippen LogP contribution in [0.4, 0.5) is 0 Å². The van der Waals surface area contributed by atoms with E-state index in [2.05, 4.69) is 5.16 Å². The van der Waals surface area contributed by atoms with Gasteiger partial charge in [-0.25, -0.2) is 0 Å². The van der Waals surface area contributed by atoms with Crippen molar-refractivity contribution in [1.29, 1.82) is 0 Å². The third-order valence-corrected chi connectivity index (χ3v) is 6.89. The van der Waals surface area contributed by atoms with Crippen LogP contribution in [0.5, 0.6) is 0 Å². The van der Waals surface area contributed by atoms with Gasteiger partial charge in [0.1, 0.15) is 5.76 Å². The Morgan fingerprint density at radius 3 is 2.70 bits per heavy atom. The topological polar surface area (TPSA) is 66.7 Å². The predicted octanol–water partition coefficient (Wildman–Crippen LogP) is 3.08. The van der Waals surface area contributed by atoms with Crippen LogP contribution in [0.3, 0.4) is 0 Å². The first-order valence-electron chi connectivity index (χ1n) is 9.50. The Morgan fingerprint density at radius 1 is 1.30 bits per heavy atom. The van der Waals surface area contributed by atoms with Crippen molar-refractivity contribution >= 4 is 23.2 Å². The maximum atomic E-state index is 12.6. The van der Waals surface area contributed by atoms with E-state index in [1.165, 1.54) is 0 Å². The molecule has 6 nitrogen and oxygen atoms in total. The number of rotatable bonds is 4. The smallest absolute Gasteiger partial charge is 0.227 e. The Balaban J connectivity index is 1.44. The number of carbonyl (C=O) groups is 2. The van der Waals surface area contributed by atoms with Gasteiger partial charge in [-0.15, -0.1) is 0 Å². The lowest BCUT2D eigenvalue weighted by Crippen LogP contribution is -2.54. The molecule has 0 aliphatic carbocycles. The van der Waals surface area contributed by atoms with Crippen LogP contribution in [0.1, 0.15) is 48.3 Å². The van der Waals surface area contributed by atoms with Gasteiger partial charge in [0, 0.05) is 30.6 Å². The van der Waals surface area contributed by atoms with Crippen molar-refractivity contribution in [2.24, 2.45) is 0 Å². The number of nitrogens with zero attached hydrogens (tertiary/aromatic N) is 3. The van der Waals surface area contributed by atoms with Crippen molar-refractivity contribution in [2.45, 2.75) is 58.0 Å². The maximum Gasteiger partial charge on any atom is 0.227 e. The van der Waals surface area contributed by atoms with Crippen LogP contribution < -0.4 is 0 Å².